The van der Waals surface area contributed by atoms with E-state index in [1.165, 1.54) is 6.92 Å². The molecule has 0 heterocycles. The number of hydrogen-bond acceptors (Lipinski definition) is 3. The van der Waals surface area contributed by atoms with Gasteiger partial charge in [-0.1, -0.05) is 0 Å². The van der Waals surface area contributed by atoms with E-state index in [9.17, 15) is 9.59 Å². The minimum atomic E-state index is -0.439. The molecule has 0 unspecified atom stereocenters. The van der Waals surface area contributed by atoms with Crippen molar-refractivity contribution in [2.45, 2.75) is 27.7 Å². The quantitative estimate of drug-likeness (QED) is 0.580. The zero-order valence-corrected chi connectivity index (χ0v) is 10.3. The van der Waals surface area contributed by atoms with Crippen LogP contribution in [0.4, 0.5) is 0 Å². The second-order valence-electron chi connectivity index (χ2n) is 3.91. The Morgan fingerprint density at radius 1 is 1.12 bits per heavy atom. The molecule has 0 radical (unpaired) electrons. The van der Waals surface area contributed by atoms with E-state index < -0.39 is 11.6 Å². The lowest BCUT2D eigenvalue weighted by Gasteiger charge is -2.14. The molecule has 0 aliphatic carbocycles. The zero-order chi connectivity index (χ0) is 12.5. The van der Waals surface area contributed by atoms with Crippen molar-refractivity contribution in [1.82, 2.24) is 0 Å². The number of hydrogen-bond donors (Lipinski definition) is 0. The maximum absolute atomic E-state index is 11.7. The molecule has 0 saturated carbocycles. The van der Waals surface area contributed by atoms with Gasteiger partial charge in [0.1, 0.15) is 5.75 Å². The summed E-state index contributed by atoms with van der Waals surface area (Å²) in [5, 5.41) is 0. The van der Waals surface area contributed by atoms with E-state index in [0.717, 1.165) is 22.4 Å². The van der Waals surface area contributed by atoms with Gasteiger partial charge in [0.15, 0.2) is 5.78 Å². The fourth-order valence-electron chi connectivity index (χ4n) is 1.80. The first-order chi connectivity index (χ1) is 7.40. The maximum Gasteiger partial charge on any atom is 0.228 e. The van der Waals surface area contributed by atoms with Gasteiger partial charge in [-0.05, 0) is 43.5 Å². The van der Waals surface area contributed by atoms with Crippen molar-refractivity contribution < 1.29 is 14.3 Å². The first-order valence-corrected chi connectivity index (χ1v) is 5.10. The second kappa shape index (κ2) is 4.47. The Morgan fingerprint density at radius 3 is 2.12 bits per heavy atom. The van der Waals surface area contributed by atoms with Crippen molar-refractivity contribution in [3.63, 3.8) is 0 Å². The van der Waals surface area contributed by atoms with Gasteiger partial charge in [-0.15, -0.1) is 0 Å². The van der Waals surface area contributed by atoms with Crippen molar-refractivity contribution in [3.8, 4) is 5.75 Å². The SMILES string of the molecule is COc1c(C)cc(C(=O)C(C)=O)c(C)c1C. The van der Waals surface area contributed by atoms with Gasteiger partial charge in [-0.25, -0.2) is 0 Å². The Kier molecular flexibility index (Phi) is 3.48. The number of carbonyl (C=O) groups excluding carboxylic acids is 2. The third-order valence-corrected chi connectivity index (χ3v) is 2.79. The Bertz CT molecular complexity index is 459. The minimum Gasteiger partial charge on any atom is -0.496 e. The van der Waals surface area contributed by atoms with Gasteiger partial charge >= 0.3 is 0 Å². The molecule has 0 N–H and O–H groups in total. The summed E-state index contributed by atoms with van der Waals surface area (Å²) < 4.78 is 5.26. The number of Topliss-reactive ketones (excluding diaryl/α,β-unsaturated/α-hetero) is 2. The normalized spacial score (nSPS) is 10.1. The molecule has 16 heavy (non-hydrogen) atoms. The van der Waals surface area contributed by atoms with Gasteiger partial charge in [0.25, 0.3) is 0 Å². The number of aryl methyl sites for hydroxylation is 1. The predicted molar refractivity (Wildman–Crippen MR) is 62.2 cm³/mol. The number of ketones is 2. The highest BCUT2D eigenvalue weighted by Crippen LogP contribution is 2.28. The first kappa shape index (κ1) is 12.4. The largest absolute Gasteiger partial charge is 0.496 e. The van der Waals surface area contributed by atoms with Crippen LogP contribution in [-0.4, -0.2) is 18.7 Å². The summed E-state index contributed by atoms with van der Waals surface area (Å²) >= 11 is 0. The molecule has 1 rings (SSSR count). The molecule has 0 aromatic heterocycles. The van der Waals surface area contributed by atoms with Gasteiger partial charge in [-0.3, -0.25) is 9.59 Å². The third kappa shape index (κ3) is 1.98. The van der Waals surface area contributed by atoms with Crippen LogP contribution in [0.15, 0.2) is 6.07 Å². The number of methoxy groups -OCH3 is 1. The van der Waals surface area contributed by atoms with Crippen LogP contribution in [0, 0.1) is 20.8 Å². The highest BCUT2D eigenvalue weighted by atomic mass is 16.5. The third-order valence-electron chi connectivity index (χ3n) is 2.79. The molecular weight excluding hydrogens is 204 g/mol. The molecule has 0 fully saturated rings. The molecular formula is C13H16O3. The van der Waals surface area contributed by atoms with E-state index in [4.69, 9.17) is 4.74 Å². The summed E-state index contributed by atoms with van der Waals surface area (Å²) in [6, 6.07) is 1.71. The standard InChI is InChI=1S/C13H16O3/c1-7-6-11(12(15)10(4)14)8(2)9(3)13(7)16-5/h6H,1-5H3. The lowest BCUT2D eigenvalue weighted by molar-refractivity contribution is -0.113. The van der Waals surface area contributed by atoms with Crippen LogP contribution in [0.25, 0.3) is 0 Å². The number of carbonyl (C=O) groups is 2. The molecule has 3 heteroatoms. The van der Waals surface area contributed by atoms with Crippen LogP contribution in [-0.2, 0) is 4.79 Å². The molecule has 0 aliphatic rings. The summed E-state index contributed by atoms with van der Waals surface area (Å²) in [5.74, 6) is -0.101. The lowest BCUT2D eigenvalue weighted by atomic mass is 9.95. The van der Waals surface area contributed by atoms with Gasteiger partial charge in [0, 0.05) is 12.5 Å². The number of rotatable bonds is 3. The molecule has 0 spiro atoms. The smallest absolute Gasteiger partial charge is 0.228 e. The van der Waals surface area contributed by atoms with E-state index in [2.05, 4.69) is 0 Å². The molecule has 0 atom stereocenters. The summed E-state index contributed by atoms with van der Waals surface area (Å²) in [6.45, 7) is 6.87. The minimum absolute atomic E-state index is 0.438. The monoisotopic (exact) mass is 220 g/mol. The summed E-state index contributed by atoms with van der Waals surface area (Å²) in [4.78, 5) is 22.8. The molecule has 0 aliphatic heterocycles. The topological polar surface area (TPSA) is 43.4 Å². The Balaban J connectivity index is 3.45. The highest BCUT2D eigenvalue weighted by molar-refractivity contribution is 6.43. The van der Waals surface area contributed by atoms with Gasteiger partial charge in [0.05, 0.1) is 7.11 Å². The van der Waals surface area contributed by atoms with E-state index >= 15 is 0 Å². The van der Waals surface area contributed by atoms with Crippen LogP contribution >= 0.6 is 0 Å². The van der Waals surface area contributed by atoms with Crippen molar-refractivity contribution in [3.05, 3.63) is 28.3 Å². The molecule has 86 valence electrons. The predicted octanol–water partition coefficient (Wildman–Crippen LogP) is 2.39. The van der Waals surface area contributed by atoms with E-state index in [0.29, 0.717) is 5.56 Å². The Labute approximate surface area is 95.4 Å². The van der Waals surface area contributed by atoms with Crippen molar-refractivity contribution in [2.24, 2.45) is 0 Å². The maximum atomic E-state index is 11.7. The van der Waals surface area contributed by atoms with Crippen LogP contribution in [0.5, 0.6) is 5.75 Å². The zero-order valence-electron chi connectivity index (χ0n) is 10.3. The molecule has 1 aromatic carbocycles. The molecule has 0 amide bonds. The van der Waals surface area contributed by atoms with Gasteiger partial charge in [0.2, 0.25) is 5.78 Å². The molecule has 0 saturated heterocycles. The Hall–Kier alpha value is -1.64. The lowest BCUT2D eigenvalue weighted by Crippen LogP contribution is -2.13. The van der Waals surface area contributed by atoms with Gasteiger partial charge in [-0.2, -0.15) is 0 Å². The van der Waals surface area contributed by atoms with Gasteiger partial charge < -0.3 is 4.74 Å². The summed E-state index contributed by atoms with van der Waals surface area (Å²) in [6.07, 6.45) is 0. The summed E-state index contributed by atoms with van der Waals surface area (Å²) in [7, 11) is 1.60. The van der Waals surface area contributed by atoms with Crippen molar-refractivity contribution in [2.75, 3.05) is 7.11 Å². The van der Waals surface area contributed by atoms with Crippen molar-refractivity contribution >= 4 is 11.6 Å². The average Bonchev–Trinajstić information content (AvgIpc) is 2.23. The second-order valence-corrected chi connectivity index (χ2v) is 3.91. The Morgan fingerprint density at radius 2 is 1.69 bits per heavy atom. The molecule has 1 aromatic rings. The van der Waals surface area contributed by atoms with E-state index in [-0.39, 0.29) is 0 Å². The summed E-state index contributed by atoms with van der Waals surface area (Å²) in [5.41, 5.74) is 3.06. The van der Waals surface area contributed by atoms with Crippen LogP contribution in [0.1, 0.15) is 34.0 Å². The number of ether oxygens (including phenoxy) is 1. The van der Waals surface area contributed by atoms with Crippen LogP contribution in [0.2, 0.25) is 0 Å². The fraction of sp³-hybridized carbons (Fsp3) is 0.385. The van der Waals surface area contributed by atoms with E-state index in [1.807, 2.05) is 20.8 Å². The number of benzene rings is 1. The van der Waals surface area contributed by atoms with E-state index in [1.54, 1.807) is 13.2 Å². The molecule has 3 nitrogen and oxygen atoms in total. The first-order valence-electron chi connectivity index (χ1n) is 5.10. The highest BCUT2D eigenvalue weighted by Gasteiger charge is 2.18. The average molecular weight is 220 g/mol. The van der Waals surface area contributed by atoms with Crippen LogP contribution < -0.4 is 4.74 Å². The van der Waals surface area contributed by atoms with Crippen LogP contribution in [0.3, 0.4) is 0 Å². The van der Waals surface area contributed by atoms with Crippen molar-refractivity contribution in [1.29, 1.82) is 0 Å². The fourth-order valence-corrected chi connectivity index (χ4v) is 1.80. The molecule has 0 bridgehead atoms.